The largest absolute Gasteiger partial charge is 0.493 e. The van der Waals surface area contributed by atoms with Crippen LogP contribution < -0.4 is 14.4 Å². The van der Waals surface area contributed by atoms with Crippen molar-refractivity contribution in [3.8, 4) is 11.5 Å². The van der Waals surface area contributed by atoms with Gasteiger partial charge in [-0.05, 0) is 57.9 Å². The van der Waals surface area contributed by atoms with Gasteiger partial charge < -0.3 is 9.47 Å². The molecule has 1 aliphatic heterocycles. The molecule has 0 spiro atoms. The van der Waals surface area contributed by atoms with Gasteiger partial charge in [-0.3, -0.25) is 9.69 Å². The Labute approximate surface area is 213 Å². The topological polar surface area (TPSA) is 38.8 Å². The number of para-hydroxylation sites is 1. The van der Waals surface area contributed by atoms with Crippen LogP contribution in [-0.2, 0) is 11.4 Å². The summed E-state index contributed by atoms with van der Waals surface area (Å²) in [4.78, 5) is 14.6. The smallest absolute Gasteiger partial charge is 0.270 e. The van der Waals surface area contributed by atoms with Crippen molar-refractivity contribution in [2.24, 2.45) is 0 Å². The number of thiocarbonyl (C=S) groups is 1. The summed E-state index contributed by atoms with van der Waals surface area (Å²) in [7, 11) is 1.53. The number of halogens is 3. The first kappa shape index (κ1) is 23.8. The summed E-state index contributed by atoms with van der Waals surface area (Å²) >= 11 is 16.2. The first-order valence-electron chi connectivity index (χ1n) is 9.65. The summed E-state index contributed by atoms with van der Waals surface area (Å²) in [5.74, 6) is 0.0875. The van der Waals surface area contributed by atoms with Gasteiger partial charge in [0.15, 0.2) is 15.8 Å². The molecule has 0 saturated carbocycles. The highest BCUT2D eigenvalue weighted by molar-refractivity contribution is 9.10. The lowest BCUT2D eigenvalue weighted by molar-refractivity contribution is -0.113. The molecule has 0 N–H and O–H groups in total. The minimum absolute atomic E-state index is 0.130. The van der Waals surface area contributed by atoms with E-state index >= 15 is 0 Å². The summed E-state index contributed by atoms with van der Waals surface area (Å²) < 4.78 is 26.6. The molecular formula is C24H16BrClFNO3S2. The molecule has 0 atom stereocenters. The number of anilines is 1. The Bertz CT molecular complexity index is 1280. The van der Waals surface area contributed by atoms with Crippen LogP contribution in [0.25, 0.3) is 6.08 Å². The van der Waals surface area contributed by atoms with Crippen molar-refractivity contribution in [3.05, 3.63) is 92.0 Å². The Morgan fingerprint density at radius 1 is 1.18 bits per heavy atom. The fourth-order valence-electron chi connectivity index (χ4n) is 3.19. The van der Waals surface area contributed by atoms with Crippen LogP contribution >= 0.6 is 51.5 Å². The van der Waals surface area contributed by atoms with Crippen LogP contribution in [0, 0.1) is 5.82 Å². The van der Waals surface area contributed by atoms with Crippen molar-refractivity contribution < 1.29 is 18.7 Å². The van der Waals surface area contributed by atoms with E-state index in [4.69, 9.17) is 33.3 Å². The molecule has 4 rings (SSSR count). The molecule has 1 amide bonds. The van der Waals surface area contributed by atoms with Gasteiger partial charge in [-0.1, -0.05) is 65.9 Å². The maximum absolute atomic E-state index is 14.2. The molecule has 1 saturated heterocycles. The number of amides is 1. The third-order valence-electron chi connectivity index (χ3n) is 4.77. The van der Waals surface area contributed by atoms with E-state index in [1.807, 2.05) is 18.2 Å². The van der Waals surface area contributed by atoms with E-state index < -0.39 is 5.82 Å². The number of hydrogen-bond acceptors (Lipinski definition) is 5. The standard InChI is InChI=1S/C24H16BrClFNO3S2/c1-30-20-11-14(10-16(25)22(20)31-13-15-6-2-3-7-17(15)26)12-21-23(29)28(24(32)33-21)19-9-5-4-8-18(19)27/h2-12H,13H2,1H3/b21-12-. The number of rotatable bonds is 6. The lowest BCUT2D eigenvalue weighted by atomic mass is 10.1. The molecule has 0 unspecified atom stereocenters. The Balaban J connectivity index is 1.60. The zero-order chi connectivity index (χ0) is 23.5. The van der Waals surface area contributed by atoms with Gasteiger partial charge in [0.05, 0.1) is 22.2 Å². The van der Waals surface area contributed by atoms with Crippen molar-refractivity contribution in [1.82, 2.24) is 0 Å². The van der Waals surface area contributed by atoms with E-state index in [0.29, 0.717) is 31.5 Å². The van der Waals surface area contributed by atoms with Gasteiger partial charge in [0.25, 0.3) is 5.91 Å². The van der Waals surface area contributed by atoms with Gasteiger partial charge in [-0.25, -0.2) is 4.39 Å². The molecule has 3 aromatic carbocycles. The second-order valence-electron chi connectivity index (χ2n) is 6.88. The van der Waals surface area contributed by atoms with Gasteiger partial charge >= 0.3 is 0 Å². The van der Waals surface area contributed by atoms with E-state index in [1.165, 1.54) is 24.1 Å². The average molecular weight is 565 g/mol. The minimum atomic E-state index is -0.514. The van der Waals surface area contributed by atoms with Crippen LogP contribution in [0.3, 0.4) is 0 Å². The SMILES string of the molecule is COc1cc(/C=C2\SC(=S)N(c3ccccc3F)C2=O)cc(Br)c1OCc1ccccc1Cl. The molecule has 0 aromatic heterocycles. The van der Waals surface area contributed by atoms with E-state index in [-0.39, 0.29) is 22.5 Å². The van der Waals surface area contributed by atoms with Gasteiger partial charge in [0, 0.05) is 10.6 Å². The fourth-order valence-corrected chi connectivity index (χ4v) is 5.24. The summed E-state index contributed by atoms with van der Waals surface area (Å²) in [5.41, 5.74) is 1.66. The maximum atomic E-state index is 14.2. The normalized spacial score (nSPS) is 14.8. The van der Waals surface area contributed by atoms with E-state index in [0.717, 1.165) is 17.3 Å². The number of ether oxygens (including phenoxy) is 2. The first-order chi connectivity index (χ1) is 15.9. The van der Waals surface area contributed by atoms with Crippen LogP contribution in [0.15, 0.2) is 70.0 Å². The summed E-state index contributed by atoms with van der Waals surface area (Å²) in [6, 6.07) is 17.0. The number of carbonyl (C=O) groups is 1. The molecule has 4 nitrogen and oxygen atoms in total. The van der Waals surface area contributed by atoms with E-state index in [1.54, 1.807) is 36.4 Å². The fraction of sp³-hybridized carbons (Fsp3) is 0.0833. The highest BCUT2D eigenvalue weighted by atomic mass is 79.9. The first-order valence-corrected chi connectivity index (χ1v) is 12.0. The Morgan fingerprint density at radius 3 is 2.64 bits per heavy atom. The second kappa shape index (κ2) is 10.3. The summed E-state index contributed by atoms with van der Waals surface area (Å²) in [6.07, 6.45) is 1.69. The van der Waals surface area contributed by atoms with Gasteiger partial charge in [0.2, 0.25) is 0 Å². The Morgan fingerprint density at radius 2 is 1.91 bits per heavy atom. The van der Waals surface area contributed by atoms with Crippen molar-refractivity contribution in [2.75, 3.05) is 12.0 Å². The number of hydrogen-bond donors (Lipinski definition) is 0. The molecule has 1 aliphatic rings. The third kappa shape index (κ3) is 5.09. The number of carbonyl (C=O) groups excluding carboxylic acids is 1. The third-order valence-corrected chi connectivity index (χ3v) is 7.03. The number of benzene rings is 3. The minimum Gasteiger partial charge on any atom is -0.493 e. The molecule has 33 heavy (non-hydrogen) atoms. The molecule has 9 heteroatoms. The van der Waals surface area contributed by atoms with E-state index in [9.17, 15) is 9.18 Å². The van der Waals surface area contributed by atoms with Crippen LogP contribution in [0.1, 0.15) is 11.1 Å². The van der Waals surface area contributed by atoms with Gasteiger partial charge in [-0.15, -0.1) is 0 Å². The summed E-state index contributed by atoms with van der Waals surface area (Å²) in [6.45, 7) is 0.259. The van der Waals surface area contributed by atoms with Crippen molar-refractivity contribution in [2.45, 2.75) is 6.61 Å². The predicted molar refractivity (Wildman–Crippen MR) is 139 cm³/mol. The molecule has 168 valence electrons. The van der Waals surface area contributed by atoms with Gasteiger partial charge in [0.1, 0.15) is 12.4 Å². The Hall–Kier alpha value is -2.39. The molecular weight excluding hydrogens is 549 g/mol. The zero-order valence-electron chi connectivity index (χ0n) is 17.2. The highest BCUT2D eigenvalue weighted by Gasteiger charge is 2.34. The predicted octanol–water partition coefficient (Wildman–Crippen LogP) is 7.24. The molecule has 0 aliphatic carbocycles. The van der Waals surface area contributed by atoms with Crippen LogP contribution in [0.2, 0.25) is 5.02 Å². The van der Waals surface area contributed by atoms with E-state index in [2.05, 4.69) is 15.9 Å². The lowest BCUT2D eigenvalue weighted by Gasteiger charge is -2.15. The van der Waals surface area contributed by atoms with Crippen LogP contribution in [-0.4, -0.2) is 17.3 Å². The van der Waals surface area contributed by atoms with Gasteiger partial charge in [-0.2, -0.15) is 0 Å². The second-order valence-corrected chi connectivity index (χ2v) is 9.82. The van der Waals surface area contributed by atoms with Crippen molar-refractivity contribution >= 4 is 73.5 Å². The monoisotopic (exact) mass is 563 g/mol. The molecule has 3 aromatic rings. The quantitative estimate of drug-likeness (QED) is 0.233. The number of thioether (sulfide) groups is 1. The number of methoxy groups -OCH3 is 1. The van der Waals surface area contributed by atoms with Crippen molar-refractivity contribution in [1.29, 1.82) is 0 Å². The molecule has 1 fully saturated rings. The lowest BCUT2D eigenvalue weighted by Crippen LogP contribution is -2.28. The molecule has 0 radical (unpaired) electrons. The van der Waals surface area contributed by atoms with Crippen LogP contribution in [0.5, 0.6) is 11.5 Å². The average Bonchev–Trinajstić information content (AvgIpc) is 3.06. The Kier molecular flexibility index (Phi) is 7.38. The van der Waals surface area contributed by atoms with Crippen LogP contribution in [0.4, 0.5) is 10.1 Å². The number of nitrogens with zero attached hydrogens (tertiary/aromatic N) is 1. The zero-order valence-corrected chi connectivity index (χ0v) is 21.2. The highest BCUT2D eigenvalue weighted by Crippen LogP contribution is 2.41. The molecule has 0 bridgehead atoms. The van der Waals surface area contributed by atoms with Crippen molar-refractivity contribution in [3.63, 3.8) is 0 Å². The maximum Gasteiger partial charge on any atom is 0.270 e. The summed E-state index contributed by atoms with van der Waals surface area (Å²) in [5, 5.41) is 0.612. The molecule has 1 heterocycles.